The summed E-state index contributed by atoms with van der Waals surface area (Å²) in [7, 11) is 0. The molecule has 0 radical (unpaired) electrons. The zero-order valence-corrected chi connectivity index (χ0v) is 12.0. The Bertz CT molecular complexity index is 489. The molecule has 1 saturated heterocycles. The van der Waals surface area contributed by atoms with E-state index in [1.165, 1.54) is 18.6 Å². The van der Waals surface area contributed by atoms with Gasteiger partial charge in [0.15, 0.2) is 0 Å². The van der Waals surface area contributed by atoms with Crippen molar-refractivity contribution >= 4 is 0 Å². The molecular weight excluding hydrogens is 277 g/mol. The summed E-state index contributed by atoms with van der Waals surface area (Å²) in [5.74, 6) is 0. The fourth-order valence-corrected chi connectivity index (χ4v) is 3.34. The van der Waals surface area contributed by atoms with Gasteiger partial charge >= 0.3 is 6.18 Å². The van der Waals surface area contributed by atoms with Gasteiger partial charge in [0.1, 0.15) is 0 Å². The minimum Gasteiger partial charge on any atom is -0.313 e. The van der Waals surface area contributed by atoms with Crippen molar-refractivity contribution in [1.82, 2.24) is 10.6 Å². The lowest BCUT2D eigenvalue weighted by molar-refractivity contribution is -0.137. The average Bonchev–Trinajstić information content (AvgIpc) is 2.90. The maximum Gasteiger partial charge on any atom is 0.416 e. The third kappa shape index (κ3) is 3.09. The lowest BCUT2D eigenvalue weighted by atomic mass is 9.71. The first-order valence-electron chi connectivity index (χ1n) is 7.66. The van der Waals surface area contributed by atoms with E-state index in [1.807, 2.05) is 6.07 Å². The van der Waals surface area contributed by atoms with Crippen LogP contribution in [0.3, 0.4) is 0 Å². The van der Waals surface area contributed by atoms with Crippen molar-refractivity contribution in [3.8, 4) is 0 Å². The Morgan fingerprint density at radius 2 is 2.05 bits per heavy atom. The Labute approximate surface area is 123 Å². The first-order chi connectivity index (χ1) is 10.00. The summed E-state index contributed by atoms with van der Waals surface area (Å²) in [4.78, 5) is 0. The molecule has 2 aliphatic rings. The van der Waals surface area contributed by atoms with Gasteiger partial charge in [0.2, 0.25) is 0 Å². The van der Waals surface area contributed by atoms with E-state index >= 15 is 0 Å². The highest BCUT2D eigenvalue weighted by Gasteiger charge is 2.40. The molecule has 1 saturated carbocycles. The van der Waals surface area contributed by atoms with Gasteiger partial charge in [-0.25, -0.2) is 0 Å². The summed E-state index contributed by atoms with van der Waals surface area (Å²) in [5.41, 5.74) is -0.0282. The van der Waals surface area contributed by atoms with Gasteiger partial charge < -0.3 is 10.6 Å². The van der Waals surface area contributed by atoms with Crippen LogP contribution in [0.2, 0.25) is 0 Å². The molecule has 1 heterocycles. The van der Waals surface area contributed by atoms with Crippen molar-refractivity contribution in [3.05, 3.63) is 35.4 Å². The quantitative estimate of drug-likeness (QED) is 0.890. The molecule has 0 aromatic heterocycles. The lowest BCUT2D eigenvalue weighted by Crippen LogP contribution is -2.51. The second kappa shape index (κ2) is 5.61. The van der Waals surface area contributed by atoms with Crippen molar-refractivity contribution in [3.63, 3.8) is 0 Å². The lowest BCUT2D eigenvalue weighted by Gasteiger charge is -2.44. The highest BCUT2D eigenvalue weighted by atomic mass is 19.4. The summed E-state index contributed by atoms with van der Waals surface area (Å²) in [6.07, 6.45) is 0.964. The zero-order valence-electron chi connectivity index (χ0n) is 12.0. The van der Waals surface area contributed by atoms with Gasteiger partial charge in [-0.1, -0.05) is 12.1 Å². The molecule has 0 amide bonds. The molecule has 2 N–H and O–H groups in total. The molecule has 0 bridgehead atoms. The van der Waals surface area contributed by atoms with Crippen LogP contribution in [-0.4, -0.2) is 19.1 Å². The topological polar surface area (TPSA) is 24.1 Å². The highest BCUT2D eigenvalue weighted by molar-refractivity contribution is 5.33. The second-order valence-electron chi connectivity index (χ2n) is 6.19. The Hall–Kier alpha value is -1.07. The Balaban J connectivity index is 1.75. The number of halogens is 3. The summed E-state index contributed by atoms with van der Waals surface area (Å²) in [6, 6.07) is 6.26. The van der Waals surface area contributed by atoms with Crippen LogP contribution in [0.1, 0.15) is 43.2 Å². The minimum atomic E-state index is -4.27. The molecule has 0 spiro atoms. The Kier molecular flexibility index (Phi) is 3.97. The Morgan fingerprint density at radius 1 is 1.24 bits per heavy atom. The monoisotopic (exact) mass is 298 g/mol. The van der Waals surface area contributed by atoms with Crippen LogP contribution in [0, 0.1) is 0 Å². The van der Waals surface area contributed by atoms with E-state index in [1.54, 1.807) is 0 Å². The zero-order chi connectivity index (χ0) is 14.9. The van der Waals surface area contributed by atoms with Crippen molar-refractivity contribution in [1.29, 1.82) is 0 Å². The van der Waals surface area contributed by atoms with Crippen molar-refractivity contribution in [2.75, 3.05) is 13.1 Å². The molecular formula is C16H21F3N2. The van der Waals surface area contributed by atoms with Crippen LogP contribution in [0.5, 0.6) is 0 Å². The predicted octanol–water partition coefficient (Wildman–Crippen LogP) is 3.43. The van der Waals surface area contributed by atoms with E-state index in [0.717, 1.165) is 50.4 Å². The van der Waals surface area contributed by atoms with E-state index in [2.05, 4.69) is 10.6 Å². The number of rotatable bonds is 4. The molecule has 2 nitrogen and oxygen atoms in total. The van der Waals surface area contributed by atoms with Crippen LogP contribution in [0.4, 0.5) is 13.2 Å². The molecule has 116 valence electrons. The van der Waals surface area contributed by atoms with E-state index < -0.39 is 11.7 Å². The third-order valence-electron chi connectivity index (χ3n) is 4.80. The molecule has 0 unspecified atom stereocenters. The smallest absolute Gasteiger partial charge is 0.313 e. The average molecular weight is 298 g/mol. The van der Waals surface area contributed by atoms with Crippen LogP contribution in [-0.2, 0) is 11.7 Å². The summed E-state index contributed by atoms with van der Waals surface area (Å²) < 4.78 is 38.6. The van der Waals surface area contributed by atoms with E-state index in [9.17, 15) is 13.2 Å². The molecule has 1 aliphatic heterocycles. The van der Waals surface area contributed by atoms with Crippen LogP contribution in [0.15, 0.2) is 24.3 Å². The Morgan fingerprint density at radius 3 is 2.62 bits per heavy atom. The van der Waals surface area contributed by atoms with Gasteiger partial charge in [-0.3, -0.25) is 0 Å². The SMILES string of the molecule is FC(F)(F)c1cccc(C2(NC[C@@H]3CCCN3)CCC2)c1. The van der Waals surface area contributed by atoms with Gasteiger partial charge in [0.05, 0.1) is 5.56 Å². The number of alkyl halides is 3. The van der Waals surface area contributed by atoms with Gasteiger partial charge in [-0.05, 0) is 56.3 Å². The first-order valence-corrected chi connectivity index (χ1v) is 7.66. The molecule has 2 fully saturated rings. The molecule has 1 aromatic rings. The number of hydrogen-bond donors (Lipinski definition) is 2. The first kappa shape index (κ1) is 14.9. The fourth-order valence-electron chi connectivity index (χ4n) is 3.34. The maximum atomic E-state index is 12.9. The summed E-state index contributed by atoms with van der Waals surface area (Å²) >= 11 is 0. The molecule has 1 atom stereocenters. The number of benzene rings is 1. The molecule has 1 aliphatic carbocycles. The largest absolute Gasteiger partial charge is 0.416 e. The van der Waals surface area contributed by atoms with E-state index in [4.69, 9.17) is 0 Å². The normalized spacial score (nSPS) is 24.8. The van der Waals surface area contributed by atoms with Crippen LogP contribution in [0.25, 0.3) is 0 Å². The standard InChI is InChI=1S/C16H21F3N2/c17-16(18,19)13-5-1-4-12(10-13)15(7-3-8-15)21-11-14-6-2-9-20-14/h1,4-5,10,14,20-21H,2-3,6-9,11H2/t14-/m0/s1. The van der Waals surface area contributed by atoms with Crippen molar-refractivity contribution in [2.45, 2.75) is 49.9 Å². The predicted molar refractivity (Wildman–Crippen MR) is 76.0 cm³/mol. The number of nitrogens with one attached hydrogen (secondary N) is 2. The second-order valence-corrected chi connectivity index (χ2v) is 6.19. The van der Waals surface area contributed by atoms with Crippen molar-refractivity contribution < 1.29 is 13.2 Å². The van der Waals surface area contributed by atoms with Gasteiger partial charge in [-0.2, -0.15) is 13.2 Å². The van der Waals surface area contributed by atoms with Gasteiger partial charge in [-0.15, -0.1) is 0 Å². The van der Waals surface area contributed by atoms with Crippen LogP contribution >= 0.6 is 0 Å². The number of hydrogen-bond acceptors (Lipinski definition) is 2. The summed E-state index contributed by atoms with van der Waals surface area (Å²) in [6.45, 7) is 1.87. The summed E-state index contributed by atoms with van der Waals surface area (Å²) in [5, 5.41) is 6.96. The van der Waals surface area contributed by atoms with E-state index in [-0.39, 0.29) is 5.54 Å². The maximum absolute atomic E-state index is 12.9. The molecule has 5 heteroatoms. The van der Waals surface area contributed by atoms with Gasteiger partial charge in [0.25, 0.3) is 0 Å². The van der Waals surface area contributed by atoms with E-state index in [0.29, 0.717) is 6.04 Å². The fraction of sp³-hybridized carbons (Fsp3) is 0.625. The van der Waals surface area contributed by atoms with Crippen LogP contribution < -0.4 is 10.6 Å². The molecule has 3 rings (SSSR count). The molecule has 21 heavy (non-hydrogen) atoms. The highest BCUT2D eigenvalue weighted by Crippen LogP contribution is 2.42. The third-order valence-corrected chi connectivity index (χ3v) is 4.80. The minimum absolute atomic E-state index is 0.258. The van der Waals surface area contributed by atoms with Gasteiger partial charge in [0, 0.05) is 18.1 Å². The van der Waals surface area contributed by atoms with Crippen molar-refractivity contribution in [2.24, 2.45) is 0 Å². The molecule has 1 aromatic carbocycles.